The average Bonchev–Trinajstić information content (AvgIpc) is 2.17. The Bertz CT molecular complexity index is 319. The van der Waals surface area contributed by atoms with Gasteiger partial charge < -0.3 is 4.74 Å². The molecule has 1 atom stereocenters. The molecule has 0 radical (unpaired) electrons. The highest BCUT2D eigenvalue weighted by molar-refractivity contribution is 5.35. The molecule has 0 spiro atoms. The van der Waals surface area contributed by atoms with Crippen LogP contribution in [0.4, 0.5) is 0 Å². The summed E-state index contributed by atoms with van der Waals surface area (Å²) in [5.41, 5.74) is 1.43. The van der Waals surface area contributed by atoms with Crippen LogP contribution in [0.2, 0.25) is 0 Å². The van der Waals surface area contributed by atoms with Crippen molar-refractivity contribution in [1.82, 2.24) is 0 Å². The Hall–Kier alpha value is -0.980. The first kappa shape index (κ1) is 9.57. The van der Waals surface area contributed by atoms with E-state index >= 15 is 0 Å². The fraction of sp³-hybridized carbons (Fsp3) is 0.538. The number of ether oxygens (including phenoxy) is 1. The standard InChI is InChI=1S/C13H18O/c1-3-9-13(2)10-8-11-6-4-5-7-12(11)14-13/h4-7H,3,8-10H2,1-2H3. The van der Waals surface area contributed by atoms with Crippen LogP contribution in [0.3, 0.4) is 0 Å². The summed E-state index contributed by atoms with van der Waals surface area (Å²) in [7, 11) is 0. The molecule has 2 rings (SSSR count). The summed E-state index contributed by atoms with van der Waals surface area (Å²) in [6, 6.07) is 8.39. The van der Waals surface area contributed by atoms with Crippen LogP contribution in [-0.4, -0.2) is 5.60 Å². The van der Waals surface area contributed by atoms with Gasteiger partial charge in [0, 0.05) is 0 Å². The SMILES string of the molecule is CCCC1(C)CCc2ccccc2O1. The highest BCUT2D eigenvalue weighted by atomic mass is 16.5. The third-order valence-corrected chi connectivity index (χ3v) is 3.03. The van der Waals surface area contributed by atoms with Gasteiger partial charge in [0.1, 0.15) is 11.4 Å². The molecule has 1 heterocycles. The molecule has 0 aliphatic carbocycles. The van der Waals surface area contributed by atoms with Gasteiger partial charge >= 0.3 is 0 Å². The highest BCUT2D eigenvalue weighted by Crippen LogP contribution is 2.35. The third-order valence-electron chi connectivity index (χ3n) is 3.03. The lowest BCUT2D eigenvalue weighted by atomic mass is 9.89. The molecule has 0 saturated heterocycles. The minimum absolute atomic E-state index is 0.0725. The molecule has 1 aromatic carbocycles. The fourth-order valence-electron chi connectivity index (χ4n) is 2.23. The predicted molar refractivity (Wildman–Crippen MR) is 58.7 cm³/mol. The minimum Gasteiger partial charge on any atom is -0.487 e. The monoisotopic (exact) mass is 190 g/mol. The van der Waals surface area contributed by atoms with Gasteiger partial charge in [-0.25, -0.2) is 0 Å². The second-order valence-corrected chi connectivity index (χ2v) is 4.41. The van der Waals surface area contributed by atoms with Gasteiger partial charge in [-0.3, -0.25) is 0 Å². The Balaban J connectivity index is 2.20. The molecule has 0 saturated carbocycles. The van der Waals surface area contributed by atoms with Gasteiger partial charge in [0.2, 0.25) is 0 Å². The van der Waals surface area contributed by atoms with Crippen molar-refractivity contribution in [3.63, 3.8) is 0 Å². The van der Waals surface area contributed by atoms with Crippen LogP contribution in [0.5, 0.6) is 5.75 Å². The number of rotatable bonds is 2. The van der Waals surface area contributed by atoms with Gasteiger partial charge in [0.25, 0.3) is 0 Å². The predicted octanol–water partition coefficient (Wildman–Crippen LogP) is 3.57. The van der Waals surface area contributed by atoms with Crippen LogP contribution < -0.4 is 4.74 Å². The first-order valence-electron chi connectivity index (χ1n) is 5.50. The van der Waals surface area contributed by atoms with E-state index in [9.17, 15) is 0 Å². The van der Waals surface area contributed by atoms with Crippen LogP contribution in [0, 0.1) is 0 Å². The highest BCUT2D eigenvalue weighted by Gasteiger charge is 2.29. The first-order valence-corrected chi connectivity index (χ1v) is 5.50. The molecule has 0 fully saturated rings. The normalized spacial score (nSPS) is 25.3. The Morgan fingerprint density at radius 3 is 2.93 bits per heavy atom. The topological polar surface area (TPSA) is 9.23 Å². The second kappa shape index (κ2) is 3.64. The third kappa shape index (κ3) is 1.77. The number of aryl methyl sites for hydroxylation is 1. The van der Waals surface area contributed by atoms with E-state index in [1.807, 2.05) is 0 Å². The summed E-state index contributed by atoms with van der Waals surface area (Å²) in [6.45, 7) is 4.45. The van der Waals surface area contributed by atoms with E-state index in [4.69, 9.17) is 4.74 Å². The molecule has 1 aliphatic rings. The van der Waals surface area contributed by atoms with Gasteiger partial charge in [-0.05, 0) is 37.8 Å². The van der Waals surface area contributed by atoms with E-state index in [-0.39, 0.29) is 5.60 Å². The van der Waals surface area contributed by atoms with Gasteiger partial charge in [-0.15, -0.1) is 0 Å². The van der Waals surface area contributed by atoms with Crippen molar-refractivity contribution < 1.29 is 4.74 Å². The van der Waals surface area contributed by atoms with E-state index in [0.29, 0.717) is 0 Å². The summed E-state index contributed by atoms with van der Waals surface area (Å²) in [5, 5.41) is 0. The zero-order chi connectivity index (χ0) is 10.0. The fourth-order valence-corrected chi connectivity index (χ4v) is 2.23. The Kier molecular flexibility index (Phi) is 2.49. The van der Waals surface area contributed by atoms with Crippen molar-refractivity contribution in [2.75, 3.05) is 0 Å². The Morgan fingerprint density at radius 2 is 2.14 bits per heavy atom. The van der Waals surface area contributed by atoms with Crippen LogP contribution in [0.25, 0.3) is 0 Å². The summed E-state index contributed by atoms with van der Waals surface area (Å²) in [6.07, 6.45) is 4.66. The van der Waals surface area contributed by atoms with Gasteiger partial charge in [0.15, 0.2) is 0 Å². The molecule has 1 heteroatoms. The van der Waals surface area contributed by atoms with Gasteiger partial charge in [0.05, 0.1) is 0 Å². The Morgan fingerprint density at radius 1 is 1.36 bits per heavy atom. The molecule has 0 aromatic heterocycles. The molecule has 0 bridgehead atoms. The molecule has 0 N–H and O–H groups in total. The van der Waals surface area contributed by atoms with Gasteiger partial charge in [-0.1, -0.05) is 31.5 Å². The molecule has 1 aliphatic heterocycles. The van der Waals surface area contributed by atoms with Gasteiger partial charge in [-0.2, -0.15) is 0 Å². The van der Waals surface area contributed by atoms with E-state index in [1.54, 1.807) is 0 Å². The van der Waals surface area contributed by atoms with Crippen molar-refractivity contribution >= 4 is 0 Å². The first-order chi connectivity index (χ1) is 6.73. The Labute approximate surface area is 86.1 Å². The minimum atomic E-state index is 0.0725. The van der Waals surface area contributed by atoms with Crippen molar-refractivity contribution in [2.24, 2.45) is 0 Å². The molecular weight excluding hydrogens is 172 g/mol. The second-order valence-electron chi connectivity index (χ2n) is 4.41. The zero-order valence-corrected chi connectivity index (χ0v) is 9.05. The number of benzene rings is 1. The quantitative estimate of drug-likeness (QED) is 0.692. The summed E-state index contributed by atoms with van der Waals surface area (Å²) in [5.74, 6) is 1.09. The van der Waals surface area contributed by atoms with E-state index in [0.717, 1.165) is 25.0 Å². The van der Waals surface area contributed by atoms with Crippen molar-refractivity contribution in [3.05, 3.63) is 29.8 Å². The zero-order valence-electron chi connectivity index (χ0n) is 9.05. The molecule has 76 valence electrons. The average molecular weight is 190 g/mol. The van der Waals surface area contributed by atoms with Crippen molar-refractivity contribution in [2.45, 2.75) is 45.1 Å². The molecule has 14 heavy (non-hydrogen) atoms. The molecule has 1 unspecified atom stereocenters. The number of hydrogen-bond acceptors (Lipinski definition) is 1. The van der Waals surface area contributed by atoms with Crippen LogP contribution >= 0.6 is 0 Å². The maximum atomic E-state index is 6.06. The number of fused-ring (bicyclic) bond motifs is 1. The molecule has 1 aromatic rings. The lowest BCUT2D eigenvalue weighted by molar-refractivity contribution is 0.0555. The summed E-state index contributed by atoms with van der Waals surface area (Å²) in [4.78, 5) is 0. The van der Waals surface area contributed by atoms with Crippen LogP contribution in [0.1, 0.15) is 38.7 Å². The maximum Gasteiger partial charge on any atom is 0.123 e. The lowest BCUT2D eigenvalue weighted by Crippen LogP contribution is -2.35. The van der Waals surface area contributed by atoms with E-state index in [2.05, 4.69) is 38.1 Å². The summed E-state index contributed by atoms with van der Waals surface area (Å²) < 4.78 is 6.06. The number of hydrogen-bond donors (Lipinski definition) is 0. The maximum absolute atomic E-state index is 6.06. The molecule has 0 amide bonds. The van der Waals surface area contributed by atoms with Crippen molar-refractivity contribution in [1.29, 1.82) is 0 Å². The smallest absolute Gasteiger partial charge is 0.123 e. The summed E-state index contributed by atoms with van der Waals surface area (Å²) >= 11 is 0. The molecule has 1 nitrogen and oxygen atoms in total. The van der Waals surface area contributed by atoms with Crippen LogP contribution in [0.15, 0.2) is 24.3 Å². The van der Waals surface area contributed by atoms with Crippen LogP contribution in [-0.2, 0) is 6.42 Å². The van der Waals surface area contributed by atoms with E-state index in [1.165, 1.54) is 12.0 Å². The van der Waals surface area contributed by atoms with E-state index < -0.39 is 0 Å². The largest absolute Gasteiger partial charge is 0.487 e. The molecular formula is C13H18O. The van der Waals surface area contributed by atoms with Crippen molar-refractivity contribution in [3.8, 4) is 5.75 Å². The lowest BCUT2D eigenvalue weighted by Gasteiger charge is -2.35. The number of para-hydroxylation sites is 1.